The second-order valence-electron chi connectivity index (χ2n) is 7.45. The fraction of sp³-hybridized carbons (Fsp3) is 0.650. The second-order valence-corrected chi connectivity index (χ2v) is 9.43. The lowest BCUT2D eigenvalue weighted by Crippen LogP contribution is -2.44. The molecule has 9 heteroatoms. The Bertz CT molecular complexity index is 750. The van der Waals surface area contributed by atoms with Crippen molar-refractivity contribution in [2.24, 2.45) is 10.9 Å². The molecule has 1 atom stereocenters. The number of hydrogen-bond donors (Lipinski definition) is 2. The number of piperidine rings is 1. The number of aliphatic imine (C=N–C) groups is 1. The van der Waals surface area contributed by atoms with Crippen LogP contribution in [-0.4, -0.2) is 63.8 Å². The Morgan fingerprint density at radius 2 is 2.00 bits per heavy atom. The van der Waals surface area contributed by atoms with E-state index in [4.69, 9.17) is 4.74 Å². The van der Waals surface area contributed by atoms with Crippen LogP contribution in [0, 0.1) is 12.8 Å². The Morgan fingerprint density at radius 1 is 1.31 bits per heavy atom. The van der Waals surface area contributed by atoms with E-state index in [1.54, 1.807) is 4.31 Å². The smallest absolute Gasteiger partial charge is 0.211 e. The minimum absolute atomic E-state index is 0. The molecule has 0 amide bonds. The summed E-state index contributed by atoms with van der Waals surface area (Å²) in [6.45, 7) is 9.41. The van der Waals surface area contributed by atoms with Gasteiger partial charge in [0.15, 0.2) is 5.96 Å². The molecule has 0 radical (unpaired) electrons. The molecule has 1 aromatic carbocycles. The molecule has 29 heavy (non-hydrogen) atoms. The Balaban J connectivity index is 0.00000420. The van der Waals surface area contributed by atoms with Gasteiger partial charge >= 0.3 is 0 Å². The molecule has 0 bridgehead atoms. The summed E-state index contributed by atoms with van der Waals surface area (Å²) in [6, 6.07) is 8.01. The van der Waals surface area contributed by atoms with Crippen LogP contribution in [0.2, 0.25) is 0 Å². The average molecular weight is 538 g/mol. The van der Waals surface area contributed by atoms with E-state index in [-0.39, 0.29) is 30.1 Å². The zero-order valence-electron chi connectivity index (χ0n) is 17.8. The Hall–Kier alpha value is -1.07. The van der Waals surface area contributed by atoms with Gasteiger partial charge in [-0.25, -0.2) is 17.7 Å². The van der Waals surface area contributed by atoms with Crippen molar-refractivity contribution >= 4 is 40.0 Å². The van der Waals surface area contributed by atoms with Crippen LogP contribution < -0.4 is 15.4 Å². The molecule has 7 nitrogen and oxygen atoms in total. The Labute approximate surface area is 192 Å². The molecule has 0 aromatic heterocycles. The van der Waals surface area contributed by atoms with Crippen LogP contribution >= 0.6 is 24.0 Å². The Kier molecular flexibility index (Phi) is 11.3. The largest absolute Gasteiger partial charge is 0.489 e. The minimum Gasteiger partial charge on any atom is -0.489 e. The molecule has 1 saturated heterocycles. The van der Waals surface area contributed by atoms with Crippen molar-refractivity contribution in [2.75, 3.05) is 39.0 Å². The van der Waals surface area contributed by atoms with Gasteiger partial charge in [0.2, 0.25) is 10.0 Å². The quantitative estimate of drug-likeness (QED) is 0.302. The van der Waals surface area contributed by atoms with Gasteiger partial charge in [-0.15, -0.1) is 24.0 Å². The van der Waals surface area contributed by atoms with Gasteiger partial charge < -0.3 is 15.4 Å². The van der Waals surface area contributed by atoms with E-state index in [0.29, 0.717) is 25.6 Å². The number of ether oxygens (including phenoxy) is 1. The third-order valence-corrected chi connectivity index (χ3v) is 6.08. The van der Waals surface area contributed by atoms with E-state index in [9.17, 15) is 8.42 Å². The lowest BCUT2D eigenvalue weighted by Gasteiger charge is -2.30. The molecule has 0 saturated carbocycles. The molecular formula is C20H35IN4O3S. The topological polar surface area (TPSA) is 83.0 Å². The number of benzene rings is 1. The van der Waals surface area contributed by atoms with Crippen molar-refractivity contribution in [3.05, 3.63) is 29.8 Å². The third-order valence-electron chi connectivity index (χ3n) is 4.78. The highest BCUT2D eigenvalue weighted by molar-refractivity contribution is 14.0. The lowest BCUT2D eigenvalue weighted by atomic mass is 9.98. The molecular weight excluding hydrogens is 503 g/mol. The highest BCUT2D eigenvalue weighted by Gasteiger charge is 2.24. The molecule has 1 aliphatic heterocycles. The fourth-order valence-electron chi connectivity index (χ4n) is 3.21. The SMILES string of the molecule is CCNC(=NCC(C)Oc1cccc(C)c1)NCC1CCN(S(C)(=O)=O)CC1.I. The van der Waals surface area contributed by atoms with Crippen molar-refractivity contribution in [3.63, 3.8) is 0 Å². The summed E-state index contributed by atoms with van der Waals surface area (Å²) < 4.78 is 30.7. The van der Waals surface area contributed by atoms with E-state index >= 15 is 0 Å². The molecule has 1 heterocycles. The number of hydrogen-bond acceptors (Lipinski definition) is 4. The maximum Gasteiger partial charge on any atom is 0.211 e. The molecule has 1 fully saturated rings. The summed E-state index contributed by atoms with van der Waals surface area (Å²) >= 11 is 0. The van der Waals surface area contributed by atoms with Crippen molar-refractivity contribution in [2.45, 2.75) is 39.7 Å². The van der Waals surface area contributed by atoms with Crippen molar-refractivity contribution in [1.29, 1.82) is 0 Å². The van der Waals surface area contributed by atoms with Gasteiger partial charge in [0, 0.05) is 26.2 Å². The van der Waals surface area contributed by atoms with Crippen molar-refractivity contribution < 1.29 is 13.2 Å². The summed E-state index contributed by atoms with van der Waals surface area (Å²) in [6.07, 6.45) is 2.98. The summed E-state index contributed by atoms with van der Waals surface area (Å²) in [5, 5.41) is 6.65. The van der Waals surface area contributed by atoms with E-state index in [1.807, 2.05) is 45.0 Å². The number of rotatable bonds is 8. The molecule has 2 rings (SSSR count). The zero-order chi connectivity index (χ0) is 20.6. The van der Waals surface area contributed by atoms with Crippen LogP contribution in [0.1, 0.15) is 32.3 Å². The van der Waals surface area contributed by atoms with Gasteiger partial charge in [-0.05, 0) is 57.2 Å². The van der Waals surface area contributed by atoms with Crippen LogP contribution in [0.4, 0.5) is 0 Å². The van der Waals surface area contributed by atoms with Gasteiger partial charge in [0.25, 0.3) is 0 Å². The molecule has 1 unspecified atom stereocenters. The first kappa shape index (κ1) is 26.0. The van der Waals surface area contributed by atoms with Crippen molar-refractivity contribution in [3.8, 4) is 5.75 Å². The van der Waals surface area contributed by atoms with E-state index in [0.717, 1.165) is 37.6 Å². The average Bonchev–Trinajstić information content (AvgIpc) is 2.63. The first-order valence-corrected chi connectivity index (χ1v) is 11.8. The summed E-state index contributed by atoms with van der Waals surface area (Å²) in [5.41, 5.74) is 1.17. The fourth-order valence-corrected chi connectivity index (χ4v) is 4.08. The summed E-state index contributed by atoms with van der Waals surface area (Å²) in [5.74, 6) is 2.08. The first-order chi connectivity index (χ1) is 13.3. The van der Waals surface area contributed by atoms with Crippen LogP contribution in [0.15, 0.2) is 29.3 Å². The predicted molar refractivity (Wildman–Crippen MR) is 130 cm³/mol. The molecule has 2 N–H and O–H groups in total. The second kappa shape index (κ2) is 12.6. The third kappa shape index (κ3) is 9.52. The molecule has 0 spiro atoms. The molecule has 0 aliphatic carbocycles. The molecule has 1 aliphatic rings. The van der Waals surface area contributed by atoms with Crippen LogP contribution in [0.5, 0.6) is 5.75 Å². The number of aryl methyl sites for hydroxylation is 1. The first-order valence-electron chi connectivity index (χ1n) is 9.98. The van der Waals surface area contributed by atoms with Crippen LogP contribution in [-0.2, 0) is 10.0 Å². The predicted octanol–water partition coefficient (Wildman–Crippen LogP) is 2.61. The number of nitrogens with zero attached hydrogens (tertiary/aromatic N) is 2. The molecule has 166 valence electrons. The van der Waals surface area contributed by atoms with Crippen molar-refractivity contribution in [1.82, 2.24) is 14.9 Å². The zero-order valence-corrected chi connectivity index (χ0v) is 21.0. The van der Waals surface area contributed by atoms with Crippen LogP contribution in [0.25, 0.3) is 0 Å². The van der Waals surface area contributed by atoms with E-state index in [2.05, 4.69) is 15.6 Å². The minimum atomic E-state index is -3.07. The molecule has 1 aromatic rings. The number of nitrogens with one attached hydrogen (secondary N) is 2. The number of sulfonamides is 1. The highest BCUT2D eigenvalue weighted by atomic mass is 127. The number of halogens is 1. The van der Waals surface area contributed by atoms with E-state index in [1.165, 1.54) is 11.8 Å². The van der Waals surface area contributed by atoms with Gasteiger partial charge in [-0.3, -0.25) is 0 Å². The van der Waals surface area contributed by atoms with Gasteiger partial charge in [-0.2, -0.15) is 0 Å². The van der Waals surface area contributed by atoms with Gasteiger partial charge in [0.1, 0.15) is 11.9 Å². The normalized spacial score (nSPS) is 17.3. The van der Waals surface area contributed by atoms with E-state index < -0.39 is 10.0 Å². The maximum atomic E-state index is 11.6. The standard InChI is InChI=1S/C20H34N4O3S.HI/c1-5-21-20(22-14-17(3)27-19-8-6-7-16(2)13-19)23-15-18-9-11-24(12-10-18)28(4,25)26;/h6-8,13,17-18H,5,9-12,14-15H2,1-4H3,(H2,21,22,23);1H. The monoisotopic (exact) mass is 538 g/mol. The number of guanidine groups is 1. The maximum absolute atomic E-state index is 11.6. The van der Waals surface area contributed by atoms with Crippen LogP contribution in [0.3, 0.4) is 0 Å². The summed E-state index contributed by atoms with van der Waals surface area (Å²) in [7, 11) is -3.07. The van der Waals surface area contributed by atoms with Gasteiger partial charge in [0.05, 0.1) is 12.8 Å². The summed E-state index contributed by atoms with van der Waals surface area (Å²) in [4.78, 5) is 4.63. The lowest BCUT2D eigenvalue weighted by molar-refractivity contribution is 0.230. The van der Waals surface area contributed by atoms with Gasteiger partial charge in [-0.1, -0.05) is 12.1 Å². The highest BCUT2D eigenvalue weighted by Crippen LogP contribution is 2.18. The Morgan fingerprint density at radius 3 is 2.59 bits per heavy atom.